The van der Waals surface area contributed by atoms with Crippen molar-refractivity contribution in [3.63, 3.8) is 0 Å². The molecule has 2 fully saturated rings. The Kier molecular flexibility index (Phi) is 3.43. The number of hydrogen-bond acceptors (Lipinski definition) is 4. The molecule has 1 N–H and O–H groups in total. The van der Waals surface area contributed by atoms with E-state index >= 15 is 0 Å². The molecule has 0 bridgehead atoms. The predicted octanol–water partition coefficient (Wildman–Crippen LogP) is 0.588. The van der Waals surface area contributed by atoms with Gasteiger partial charge in [-0.25, -0.2) is 0 Å². The lowest BCUT2D eigenvalue weighted by Gasteiger charge is -2.46. The Hall–Kier alpha value is -1.92. The van der Waals surface area contributed by atoms with Crippen LogP contribution in [-0.4, -0.2) is 63.7 Å². The van der Waals surface area contributed by atoms with E-state index in [-0.39, 0.29) is 17.2 Å². The van der Waals surface area contributed by atoms with Crippen molar-refractivity contribution >= 4 is 11.8 Å². The van der Waals surface area contributed by atoms with Gasteiger partial charge in [-0.3, -0.25) is 9.59 Å². The van der Waals surface area contributed by atoms with Gasteiger partial charge in [0, 0.05) is 33.1 Å². The largest absolute Gasteiger partial charge is 0.345 e. The standard InChI is InChI=1S/C14H21N5O2/c1-10-12(16-17-15-10)13(21)19-7-5-14(6-8-19)4-3-11(20)18(2)9-14/h3-9H2,1-2H3,(H,15,16,17). The summed E-state index contributed by atoms with van der Waals surface area (Å²) in [6, 6.07) is 0. The Morgan fingerprint density at radius 1 is 1.24 bits per heavy atom. The summed E-state index contributed by atoms with van der Waals surface area (Å²) in [6.07, 6.45) is 3.48. The number of piperidine rings is 2. The molecular weight excluding hydrogens is 270 g/mol. The third-order valence-corrected chi connectivity index (χ3v) is 4.90. The van der Waals surface area contributed by atoms with Crippen LogP contribution in [0.5, 0.6) is 0 Å². The fraction of sp³-hybridized carbons (Fsp3) is 0.714. The molecule has 0 unspecified atom stereocenters. The molecule has 0 atom stereocenters. The smallest absolute Gasteiger partial charge is 0.276 e. The zero-order chi connectivity index (χ0) is 15.0. The molecule has 1 spiro atoms. The summed E-state index contributed by atoms with van der Waals surface area (Å²) < 4.78 is 0. The maximum absolute atomic E-state index is 12.4. The molecule has 1 aromatic heterocycles. The van der Waals surface area contributed by atoms with Crippen LogP contribution in [0.25, 0.3) is 0 Å². The van der Waals surface area contributed by atoms with E-state index in [1.54, 1.807) is 6.92 Å². The van der Waals surface area contributed by atoms with E-state index in [0.717, 1.165) is 38.9 Å². The summed E-state index contributed by atoms with van der Waals surface area (Å²) in [5, 5.41) is 10.3. The highest BCUT2D eigenvalue weighted by molar-refractivity contribution is 5.93. The first kappa shape index (κ1) is 14.0. The molecule has 2 amide bonds. The van der Waals surface area contributed by atoms with E-state index in [1.165, 1.54) is 0 Å². The molecule has 0 radical (unpaired) electrons. The van der Waals surface area contributed by atoms with Crippen LogP contribution in [0.4, 0.5) is 0 Å². The maximum atomic E-state index is 12.4. The third kappa shape index (κ3) is 2.52. The minimum absolute atomic E-state index is 0.0451. The molecule has 0 aliphatic carbocycles. The first-order chi connectivity index (χ1) is 10.0. The van der Waals surface area contributed by atoms with Gasteiger partial charge in [0.15, 0.2) is 5.69 Å². The number of likely N-dealkylation sites (tertiary alicyclic amines) is 2. The van der Waals surface area contributed by atoms with Crippen molar-refractivity contribution in [3.8, 4) is 0 Å². The quantitative estimate of drug-likeness (QED) is 0.821. The summed E-state index contributed by atoms with van der Waals surface area (Å²) in [6.45, 7) is 4.06. The summed E-state index contributed by atoms with van der Waals surface area (Å²) in [5.74, 6) is 0.189. The van der Waals surface area contributed by atoms with E-state index < -0.39 is 0 Å². The highest BCUT2D eigenvalue weighted by Crippen LogP contribution is 2.39. The molecular formula is C14H21N5O2. The second-order valence-corrected chi connectivity index (χ2v) is 6.30. The van der Waals surface area contributed by atoms with Crippen molar-refractivity contribution in [1.82, 2.24) is 25.2 Å². The van der Waals surface area contributed by atoms with E-state index in [1.807, 2.05) is 16.8 Å². The number of aromatic amines is 1. The van der Waals surface area contributed by atoms with E-state index in [4.69, 9.17) is 0 Å². The van der Waals surface area contributed by atoms with E-state index in [9.17, 15) is 9.59 Å². The molecule has 21 heavy (non-hydrogen) atoms. The zero-order valence-corrected chi connectivity index (χ0v) is 12.6. The number of carbonyl (C=O) groups excluding carboxylic acids is 2. The van der Waals surface area contributed by atoms with E-state index in [0.29, 0.717) is 17.8 Å². The van der Waals surface area contributed by atoms with Crippen LogP contribution < -0.4 is 0 Å². The predicted molar refractivity (Wildman–Crippen MR) is 75.6 cm³/mol. The Morgan fingerprint density at radius 3 is 2.52 bits per heavy atom. The van der Waals surface area contributed by atoms with Gasteiger partial charge in [-0.15, -0.1) is 0 Å². The molecule has 0 aromatic carbocycles. The third-order valence-electron chi connectivity index (χ3n) is 4.90. The molecule has 2 aliphatic heterocycles. The van der Waals surface area contributed by atoms with Gasteiger partial charge in [0.2, 0.25) is 5.91 Å². The van der Waals surface area contributed by atoms with Gasteiger partial charge >= 0.3 is 0 Å². The second-order valence-electron chi connectivity index (χ2n) is 6.30. The lowest BCUT2D eigenvalue weighted by atomic mass is 9.72. The Balaban J connectivity index is 1.64. The summed E-state index contributed by atoms with van der Waals surface area (Å²) in [7, 11) is 1.87. The van der Waals surface area contributed by atoms with Crippen LogP contribution >= 0.6 is 0 Å². The summed E-state index contributed by atoms with van der Waals surface area (Å²) in [5.41, 5.74) is 1.25. The maximum Gasteiger partial charge on any atom is 0.276 e. The van der Waals surface area contributed by atoms with Crippen molar-refractivity contribution in [1.29, 1.82) is 0 Å². The number of hydrogen-bond donors (Lipinski definition) is 1. The van der Waals surface area contributed by atoms with Crippen LogP contribution in [0.2, 0.25) is 0 Å². The van der Waals surface area contributed by atoms with Gasteiger partial charge in [0.05, 0.1) is 5.69 Å². The molecule has 0 saturated carbocycles. The molecule has 114 valence electrons. The number of aromatic nitrogens is 3. The molecule has 7 nitrogen and oxygen atoms in total. The summed E-state index contributed by atoms with van der Waals surface area (Å²) >= 11 is 0. The highest BCUT2D eigenvalue weighted by Gasteiger charge is 2.41. The van der Waals surface area contributed by atoms with Gasteiger partial charge in [-0.2, -0.15) is 15.4 Å². The molecule has 2 aliphatic rings. The molecule has 7 heteroatoms. The van der Waals surface area contributed by atoms with Gasteiger partial charge in [-0.1, -0.05) is 0 Å². The fourth-order valence-electron chi connectivity index (χ4n) is 3.46. The van der Waals surface area contributed by atoms with Gasteiger partial charge in [-0.05, 0) is 31.6 Å². The molecule has 1 aromatic rings. The first-order valence-corrected chi connectivity index (χ1v) is 7.41. The fourth-order valence-corrected chi connectivity index (χ4v) is 3.46. The van der Waals surface area contributed by atoms with Crippen molar-refractivity contribution in [3.05, 3.63) is 11.4 Å². The minimum Gasteiger partial charge on any atom is -0.345 e. The second kappa shape index (κ2) is 5.13. The Morgan fingerprint density at radius 2 is 1.95 bits per heavy atom. The number of H-pyrrole nitrogens is 1. The number of amides is 2. The highest BCUT2D eigenvalue weighted by atomic mass is 16.2. The van der Waals surface area contributed by atoms with Crippen molar-refractivity contribution in [2.75, 3.05) is 26.7 Å². The topological polar surface area (TPSA) is 82.2 Å². The number of aryl methyl sites for hydroxylation is 1. The minimum atomic E-state index is -0.0451. The average molecular weight is 291 g/mol. The average Bonchev–Trinajstić information content (AvgIpc) is 2.90. The molecule has 3 heterocycles. The van der Waals surface area contributed by atoms with Crippen LogP contribution in [0, 0.1) is 12.3 Å². The van der Waals surface area contributed by atoms with Crippen LogP contribution in [0.15, 0.2) is 0 Å². The van der Waals surface area contributed by atoms with Crippen LogP contribution in [0.1, 0.15) is 41.9 Å². The monoisotopic (exact) mass is 291 g/mol. The van der Waals surface area contributed by atoms with Gasteiger partial charge < -0.3 is 9.80 Å². The number of nitrogens with zero attached hydrogens (tertiary/aromatic N) is 4. The zero-order valence-electron chi connectivity index (χ0n) is 12.6. The molecule has 3 rings (SSSR count). The number of carbonyl (C=O) groups is 2. The number of rotatable bonds is 1. The first-order valence-electron chi connectivity index (χ1n) is 7.41. The normalized spacial score (nSPS) is 21.9. The Bertz CT molecular complexity index is 559. The van der Waals surface area contributed by atoms with E-state index in [2.05, 4.69) is 15.4 Å². The van der Waals surface area contributed by atoms with Gasteiger partial charge in [0.1, 0.15) is 0 Å². The lowest BCUT2D eigenvalue weighted by molar-refractivity contribution is -0.137. The lowest BCUT2D eigenvalue weighted by Crippen LogP contribution is -2.51. The van der Waals surface area contributed by atoms with Crippen molar-refractivity contribution in [2.45, 2.75) is 32.6 Å². The van der Waals surface area contributed by atoms with Crippen LogP contribution in [0.3, 0.4) is 0 Å². The van der Waals surface area contributed by atoms with Gasteiger partial charge in [0.25, 0.3) is 5.91 Å². The summed E-state index contributed by atoms with van der Waals surface area (Å²) in [4.78, 5) is 27.7. The Labute approximate surface area is 123 Å². The van der Waals surface area contributed by atoms with Crippen LogP contribution in [-0.2, 0) is 4.79 Å². The van der Waals surface area contributed by atoms with Crippen molar-refractivity contribution in [2.24, 2.45) is 5.41 Å². The van der Waals surface area contributed by atoms with Crippen molar-refractivity contribution < 1.29 is 9.59 Å². The number of nitrogens with one attached hydrogen (secondary N) is 1. The molecule has 2 saturated heterocycles. The SMILES string of the molecule is Cc1n[nH]nc1C(=O)N1CCC2(CCC(=O)N(C)C2)CC1.